The highest BCUT2D eigenvalue weighted by molar-refractivity contribution is 5.91. The Kier molecular flexibility index (Phi) is 3.64. The molecule has 20 heavy (non-hydrogen) atoms. The molecule has 0 aliphatic heterocycles. The molecular weight excluding hydrogens is 244 g/mol. The highest BCUT2D eigenvalue weighted by atomic mass is 16.1. The van der Waals surface area contributed by atoms with Crippen LogP contribution in [0.1, 0.15) is 59.3 Å². The molecule has 1 fully saturated rings. The van der Waals surface area contributed by atoms with Crippen LogP contribution in [0.25, 0.3) is 0 Å². The van der Waals surface area contributed by atoms with E-state index >= 15 is 0 Å². The Morgan fingerprint density at radius 3 is 2.85 bits per heavy atom. The molecule has 4 unspecified atom stereocenters. The molecule has 0 aromatic heterocycles. The van der Waals surface area contributed by atoms with Crippen LogP contribution in [-0.2, 0) is 4.79 Å². The van der Waals surface area contributed by atoms with Crippen molar-refractivity contribution in [2.24, 2.45) is 29.1 Å². The largest absolute Gasteiger partial charge is 0.295 e. The Bertz CT molecular complexity index is 454. The van der Waals surface area contributed by atoms with Gasteiger partial charge in [-0.1, -0.05) is 39.3 Å². The van der Waals surface area contributed by atoms with E-state index in [0.29, 0.717) is 17.1 Å². The SMILES string of the molecule is CCCC1C2C=CC3=CC(=O)CCC3C2CCC1(C)C. The normalized spacial score (nSPS) is 39.0. The van der Waals surface area contributed by atoms with Crippen molar-refractivity contribution in [2.45, 2.75) is 59.3 Å². The van der Waals surface area contributed by atoms with E-state index in [4.69, 9.17) is 0 Å². The topological polar surface area (TPSA) is 17.1 Å². The van der Waals surface area contributed by atoms with Gasteiger partial charge >= 0.3 is 0 Å². The molecule has 0 aromatic carbocycles. The van der Waals surface area contributed by atoms with Gasteiger partial charge in [-0.3, -0.25) is 4.79 Å². The number of carbonyl (C=O) groups excluding carboxylic acids is 1. The van der Waals surface area contributed by atoms with Crippen molar-refractivity contribution in [3.63, 3.8) is 0 Å². The molecular formula is C19H28O. The molecule has 0 spiro atoms. The minimum atomic E-state index is 0.334. The van der Waals surface area contributed by atoms with E-state index in [1.165, 1.54) is 31.3 Å². The van der Waals surface area contributed by atoms with Gasteiger partial charge < -0.3 is 0 Å². The monoisotopic (exact) mass is 272 g/mol. The molecule has 1 saturated carbocycles. The Morgan fingerprint density at radius 1 is 1.30 bits per heavy atom. The molecule has 110 valence electrons. The molecule has 1 heteroatoms. The smallest absolute Gasteiger partial charge is 0.155 e. The summed E-state index contributed by atoms with van der Waals surface area (Å²) in [6.07, 6.45) is 13.9. The number of fused-ring (bicyclic) bond motifs is 3. The highest BCUT2D eigenvalue weighted by Gasteiger charge is 2.46. The van der Waals surface area contributed by atoms with Crippen LogP contribution in [0.4, 0.5) is 0 Å². The summed E-state index contributed by atoms with van der Waals surface area (Å²) in [4.78, 5) is 11.6. The third-order valence-electron chi connectivity index (χ3n) is 6.17. The lowest BCUT2D eigenvalue weighted by Gasteiger charge is -2.52. The molecule has 3 aliphatic rings. The minimum absolute atomic E-state index is 0.334. The second kappa shape index (κ2) is 5.16. The van der Waals surface area contributed by atoms with Gasteiger partial charge in [0.2, 0.25) is 0 Å². The molecule has 0 radical (unpaired) electrons. The lowest BCUT2D eigenvalue weighted by Crippen LogP contribution is -2.44. The van der Waals surface area contributed by atoms with Gasteiger partial charge in [-0.15, -0.1) is 0 Å². The summed E-state index contributed by atoms with van der Waals surface area (Å²) in [6, 6.07) is 0. The molecule has 4 atom stereocenters. The molecule has 0 bridgehead atoms. The first-order chi connectivity index (χ1) is 9.53. The maximum atomic E-state index is 11.6. The zero-order valence-corrected chi connectivity index (χ0v) is 13.2. The second-order valence-corrected chi connectivity index (χ2v) is 7.78. The maximum absolute atomic E-state index is 11.6. The standard InChI is InChI=1S/C19H28O/c1-4-5-18-17-8-6-13-12-14(20)7-9-15(13)16(17)10-11-19(18,2)3/h6,8,12,15-18H,4-5,7,9-11H2,1-3H3. The first-order valence-electron chi connectivity index (χ1n) is 8.45. The van der Waals surface area contributed by atoms with Crippen molar-refractivity contribution in [1.82, 2.24) is 0 Å². The second-order valence-electron chi connectivity index (χ2n) is 7.78. The number of hydrogen-bond donors (Lipinski definition) is 0. The van der Waals surface area contributed by atoms with E-state index in [0.717, 1.165) is 30.6 Å². The Balaban J connectivity index is 1.92. The Labute approximate surface area is 123 Å². The van der Waals surface area contributed by atoms with Crippen LogP contribution in [0.2, 0.25) is 0 Å². The van der Waals surface area contributed by atoms with Crippen LogP contribution in [0, 0.1) is 29.1 Å². The van der Waals surface area contributed by atoms with Crippen molar-refractivity contribution in [2.75, 3.05) is 0 Å². The Morgan fingerprint density at radius 2 is 2.10 bits per heavy atom. The average molecular weight is 272 g/mol. The summed E-state index contributed by atoms with van der Waals surface area (Å²) >= 11 is 0. The summed E-state index contributed by atoms with van der Waals surface area (Å²) in [6.45, 7) is 7.25. The van der Waals surface area contributed by atoms with E-state index in [2.05, 4.69) is 32.9 Å². The van der Waals surface area contributed by atoms with Crippen LogP contribution in [0.15, 0.2) is 23.8 Å². The first kappa shape index (κ1) is 14.1. The zero-order chi connectivity index (χ0) is 14.3. The van der Waals surface area contributed by atoms with Gasteiger partial charge in [-0.25, -0.2) is 0 Å². The number of rotatable bonds is 2. The fourth-order valence-electron chi connectivity index (χ4n) is 5.06. The van der Waals surface area contributed by atoms with Crippen molar-refractivity contribution >= 4 is 5.78 Å². The third-order valence-corrected chi connectivity index (χ3v) is 6.17. The zero-order valence-electron chi connectivity index (χ0n) is 13.2. The maximum Gasteiger partial charge on any atom is 0.155 e. The van der Waals surface area contributed by atoms with Gasteiger partial charge in [0.15, 0.2) is 5.78 Å². The molecule has 0 N–H and O–H groups in total. The molecule has 3 aliphatic carbocycles. The van der Waals surface area contributed by atoms with Crippen LogP contribution in [0.5, 0.6) is 0 Å². The fourth-order valence-corrected chi connectivity index (χ4v) is 5.06. The van der Waals surface area contributed by atoms with Crippen molar-refractivity contribution in [3.05, 3.63) is 23.8 Å². The number of hydrogen-bond acceptors (Lipinski definition) is 1. The average Bonchev–Trinajstić information content (AvgIpc) is 2.41. The van der Waals surface area contributed by atoms with E-state index in [9.17, 15) is 4.79 Å². The number of ketones is 1. The lowest BCUT2D eigenvalue weighted by atomic mass is 9.53. The van der Waals surface area contributed by atoms with Crippen LogP contribution in [0.3, 0.4) is 0 Å². The molecule has 0 amide bonds. The van der Waals surface area contributed by atoms with Crippen LogP contribution < -0.4 is 0 Å². The summed E-state index contributed by atoms with van der Waals surface area (Å²) in [5.41, 5.74) is 1.81. The molecule has 0 heterocycles. The minimum Gasteiger partial charge on any atom is -0.295 e. The molecule has 3 rings (SSSR count). The summed E-state index contributed by atoms with van der Waals surface area (Å²) < 4.78 is 0. The lowest BCUT2D eigenvalue weighted by molar-refractivity contribution is -0.115. The predicted octanol–water partition coefficient (Wildman–Crippen LogP) is 4.93. The van der Waals surface area contributed by atoms with Crippen molar-refractivity contribution in [3.8, 4) is 0 Å². The third kappa shape index (κ3) is 2.29. The quantitative estimate of drug-likeness (QED) is 0.696. The molecule has 0 saturated heterocycles. The summed E-state index contributed by atoms with van der Waals surface area (Å²) in [5, 5.41) is 0. The predicted molar refractivity (Wildman–Crippen MR) is 83.3 cm³/mol. The van der Waals surface area contributed by atoms with Crippen molar-refractivity contribution in [1.29, 1.82) is 0 Å². The molecule has 1 nitrogen and oxygen atoms in total. The van der Waals surface area contributed by atoms with Gasteiger partial charge in [0, 0.05) is 6.42 Å². The fraction of sp³-hybridized carbons (Fsp3) is 0.737. The van der Waals surface area contributed by atoms with E-state index in [1.807, 2.05) is 6.08 Å². The van der Waals surface area contributed by atoms with Gasteiger partial charge in [0.25, 0.3) is 0 Å². The van der Waals surface area contributed by atoms with Crippen molar-refractivity contribution < 1.29 is 4.79 Å². The highest BCUT2D eigenvalue weighted by Crippen LogP contribution is 2.55. The first-order valence-corrected chi connectivity index (χ1v) is 8.45. The van der Waals surface area contributed by atoms with E-state index < -0.39 is 0 Å². The van der Waals surface area contributed by atoms with Gasteiger partial charge in [0.1, 0.15) is 0 Å². The van der Waals surface area contributed by atoms with Gasteiger partial charge in [-0.05, 0) is 66.4 Å². The van der Waals surface area contributed by atoms with Gasteiger partial charge in [-0.2, -0.15) is 0 Å². The summed E-state index contributed by atoms with van der Waals surface area (Å²) in [5.74, 6) is 3.36. The number of allylic oxidation sites excluding steroid dienone is 4. The summed E-state index contributed by atoms with van der Waals surface area (Å²) in [7, 11) is 0. The van der Waals surface area contributed by atoms with Gasteiger partial charge in [0.05, 0.1) is 0 Å². The van der Waals surface area contributed by atoms with E-state index in [-0.39, 0.29) is 0 Å². The van der Waals surface area contributed by atoms with Crippen LogP contribution >= 0.6 is 0 Å². The number of carbonyl (C=O) groups is 1. The van der Waals surface area contributed by atoms with E-state index in [1.54, 1.807) is 0 Å². The Hall–Kier alpha value is -0.850. The van der Waals surface area contributed by atoms with Crippen LogP contribution in [-0.4, -0.2) is 5.78 Å². The molecule has 0 aromatic rings.